The number of hydrogen-bond acceptors (Lipinski definition) is 8. The number of nitrogens with one attached hydrogen (secondary N) is 1. The number of rotatable bonds is 7. The Hall–Kier alpha value is -3.30. The van der Waals surface area contributed by atoms with Gasteiger partial charge in [-0.2, -0.15) is 0 Å². The molecule has 0 aliphatic carbocycles. The van der Waals surface area contributed by atoms with Crippen LogP contribution in [0.25, 0.3) is 11.0 Å². The summed E-state index contributed by atoms with van der Waals surface area (Å²) in [7, 11) is 4.77. The van der Waals surface area contributed by atoms with E-state index in [1.807, 2.05) is 18.2 Å². The molecule has 0 bridgehead atoms. The minimum Gasteiger partial charge on any atom is -0.493 e. The van der Waals surface area contributed by atoms with Crippen molar-refractivity contribution in [3.8, 4) is 11.5 Å². The van der Waals surface area contributed by atoms with Crippen molar-refractivity contribution in [2.45, 2.75) is 19.3 Å². The Balaban J connectivity index is 1.40. The molecule has 9 heteroatoms. The number of imidazole rings is 1. The Morgan fingerprint density at radius 3 is 2.81 bits per heavy atom. The van der Waals surface area contributed by atoms with Crippen molar-refractivity contribution >= 4 is 22.7 Å². The van der Waals surface area contributed by atoms with Crippen LogP contribution in [-0.4, -0.2) is 61.4 Å². The summed E-state index contributed by atoms with van der Waals surface area (Å²) in [5.74, 6) is 1.49. The van der Waals surface area contributed by atoms with Crippen LogP contribution >= 0.6 is 0 Å². The zero-order valence-corrected chi connectivity index (χ0v) is 18.4. The second-order valence-corrected chi connectivity index (χ2v) is 7.85. The molecule has 0 saturated heterocycles. The second kappa shape index (κ2) is 8.33. The van der Waals surface area contributed by atoms with Gasteiger partial charge in [0.15, 0.2) is 11.5 Å². The summed E-state index contributed by atoms with van der Waals surface area (Å²) in [5.41, 5.74) is 3.94. The molecule has 9 nitrogen and oxygen atoms in total. The lowest BCUT2D eigenvalue weighted by Crippen LogP contribution is -2.35. The first-order valence-corrected chi connectivity index (χ1v) is 10.6. The molecule has 0 spiro atoms. The molecule has 1 N–H and O–H groups in total. The maximum absolute atomic E-state index is 12.5. The number of anilines is 1. The van der Waals surface area contributed by atoms with Gasteiger partial charge in [0, 0.05) is 38.0 Å². The smallest absolute Gasteiger partial charge is 0.344 e. The number of ether oxygens (including phenoxy) is 4. The Bertz CT molecular complexity index is 1170. The van der Waals surface area contributed by atoms with Gasteiger partial charge in [-0.25, -0.2) is 9.78 Å². The molecule has 0 fully saturated rings. The van der Waals surface area contributed by atoms with E-state index in [9.17, 15) is 4.79 Å². The van der Waals surface area contributed by atoms with E-state index in [1.54, 1.807) is 13.2 Å². The number of cyclic esters (lactones) is 1. The topological polar surface area (TPSA) is 87.1 Å². The lowest BCUT2D eigenvalue weighted by Gasteiger charge is -2.27. The maximum atomic E-state index is 12.5. The van der Waals surface area contributed by atoms with Crippen LogP contribution in [0.1, 0.15) is 28.0 Å². The number of methoxy groups -OCH3 is 3. The van der Waals surface area contributed by atoms with Crippen LogP contribution < -0.4 is 14.8 Å². The summed E-state index contributed by atoms with van der Waals surface area (Å²) in [6.45, 7) is 4.29. The van der Waals surface area contributed by atoms with Gasteiger partial charge in [-0.1, -0.05) is 0 Å². The number of carbonyl (C=O) groups excluding carboxylic acids is 1. The zero-order chi connectivity index (χ0) is 22.2. The van der Waals surface area contributed by atoms with Crippen molar-refractivity contribution in [2.75, 3.05) is 46.3 Å². The summed E-state index contributed by atoms with van der Waals surface area (Å²) in [6, 6.07) is 9.64. The molecule has 5 rings (SSSR count). The van der Waals surface area contributed by atoms with Crippen molar-refractivity contribution in [1.29, 1.82) is 0 Å². The molecule has 1 atom stereocenters. The van der Waals surface area contributed by atoms with Crippen molar-refractivity contribution < 1.29 is 23.7 Å². The van der Waals surface area contributed by atoms with Gasteiger partial charge in [0.1, 0.15) is 11.4 Å². The standard InChI is InChI=1S/C23H26N4O5/c1-29-11-10-26-8-9-27-17-6-4-14(12-16(17)25-19(27)13-26)24-22-15-5-7-18(30-2)21(31-3)20(15)23(28)32-22/h4-7,12,22,24H,8-11,13H2,1-3H3. The zero-order valence-electron chi connectivity index (χ0n) is 18.4. The molecule has 0 amide bonds. The van der Waals surface area contributed by atoms with Gasteiger partial charge in [0.05, 0.1) is 38.4 Å². The highest BCUT2D eigenvalue weighted by Gasteiger charge is 2.36. The van der Waals surface area contributed by atoms with Crippen LogP contribution in [0.2, 0.25) is 0 Å². The normalized spacial score (nSPS) is 17.7. The highest BCUT2D eigenvalue weighted by atomic mass is 16.6. The molecule has 3 heterocycles. The molecule has 32 heavy (non-hydrogen) atoms. The van der Waals surface area contributed by atoms with Gasteiger partial charge in [-0.05, 0) is 30.3 Å². The van der Waals surface area contributed by atoms with Gasteiger partial charge in [0.2, 0.25) is 6.23 Å². The molecule has 2 aliphatic heterocycles. The Kier molecular flexibility index (Phi) is 5.36. The van der Waals surface area contributed by atoms with Crippen molar-refractivity contribution in [3.63, 3.8) is 0 Å². The van der Waals surface area contributed by atoms with Crippen LogP contribution in [-0.2, 0) is 22.6 Å². The van der Waals surface area contributed by atoms with Crippen LogP contribution in [0.4, 0.5) is 5.69 Å². The summed E-state index contributed by atoms with van der Waals surface area (Å²) < 4.78 is 23.8. The van der Waals surface area contributed by atoms with Crippen molar-refractivity contribution in [3.05, 3.63) is 47.3 Å². The van der Waals surface area contributed by atoms with E-state index in [0.717, 1.165) is 48.7 Å². The Morgan fingerprint density at radius 2 is 2.03 bits per heavy atom. The fourth-order valence-corrected chi connectivity index (χ4v) is 4.43. The molecule has 3 aromatic rings. The van der Waals surface area contributed by atoms with E-state index in [0.29, 0.717) is 29.2 Å². The fraction of sp³-hybridized carbons (Fsp3) is 0.391. The third kappa shape index (κ3) is 3.43. The number of benzene rings is 2. The number of nitrogens with zero attached hydrogens (tertiary/aromatic N) is 3. The summed E-state index contributed by atoms with van der Waals surface area (Å²) in [6.07, 6.45) is -0.614. The van der Waals surface area contributed by atoms with Crippen LogP contribution in [0.3, 0.4) is 0 Å². The number of hydrogen-bond donors (Lipinski definition) is 1. The van der Waals surface area contributed by atoms with E-state index in [1.165, 1.54) is 14.2 Å². The molecule has 2 aliphatic rings. The summed E-state index contributed by atoms with van der Waals surface area (Å²) in [4.78, 5) is 19.7. The minimum absolute atomic E-state index is 0.384. The van der Waals surface area contributed by atoms with Crippen LogP contribution in [0, 0.1) is 0 Å². The average molecular weight is 438 g/mol. The average Bonchev–Trinajstić information content (AvgIpc) is 3.33. The maximum Gasteiger partial charge on any atom is 0.344 e. The molecule has 0 saturated carbocycles. The first-order valence-electron chi connectivity index (χ1n) is 10.6. The molecule has 2 aromatic carbocycles. The van der Waals surface area contributed by atoms with Crippen molar-refractivity contribution in [2.24, 2.45) is 0 Å². The van der Waals surface area contributed by atoms with Crippen LogP contribution in [0.5, 0.6) is 11.5 Å². The molecule has 1 unspecified atom stereocenters. The van der Waals surface area contributed by atoms with E-state index >= 15 is 0 Å². The SMILES string of the molecule is COCCN1CCn2c(nc3cc(NC4OC(=O)c5c4ccc(OC)c5OC)ccc32)C1. The van der Waals surface area contributed by atoms with E-state index in [-0.39, 0.29) is 0 Å². The first-order chi connectivity index (χ1) is 15.6. The van der Waals surface area contributed by atoms with Crippen LogP contribution in [0.15, 0.2) is 30.3 Å². The van der Waals surface area contributed by atoms with E-state index in [2.05, 4.69) is 20.9 Å². The molecular weight excluding hydrogens is 412 g/mol. The highest BCUT2D eigenvalue weighted by Crippen LogP contribution is 2.42. The largest absolute Gasteiger partial charge is 0.493 e. The van der Waals surface area contributed by atoms with Gasteiger partial charge < -0.3 is 28.8 Å². The quantitative estimate of drug-likeness (QED) is 0.564. The fourth-order valence-electron chi connectivity index (χ4n) is 4.43. The third-order valence-electron chi connectivity index (χ3n) is 6.03. The predicted molar refractivity (Wildman–Crippen MR) is 118 cm³/mol. The van der Waals surface area contributed by atoms with Gasteiger partial charge >= 0.3 is 5.97 Å². The van der Waals surface area contributed by atoms with Gasteiger partial charge in [0.25, 0.3) is 0 Å². The minimum atomic E-state index is -0.614. The molecule has 0 radical (unpaired) electrons. The number of carbonyl (C=O) groups is 1. The molecule has 168 valence electrons. The summed E-state index contributed by atoms with van der Waals surface area (Å²) >= 11 is 0. The first kappa shape index (κ1) is 20.6. The number of fused-ring (bicyclic) bond motifs is 4. The monoisotopic (exact) mass is 438 g/mol. The highest BCUT2D eigenvalue weighted by molar-refractivity contribution is 5.98. The molecular formula is C23H26N4O5. The number of aromatic nitrogens is 2. The van der Waals surface area contributed by atoms with E-state index in [4.69, 9.17) is 23.9 Å². The predicted octanol–water partition coefficient (Wildman–Crippen LogP) is 2.80. The lowest BCUT2D eigenvalue weighted by molar-refractivity contribution is 0.0435. The van der Waals surface area contributed by atoms with Gasteiger partial charge in [-0.15, -0.1) is 0 Å². The third-order valence-corrected chi connectivity index (χ3v) is 6.03. The Labute approximate surface area is 185 Å². The van der Waals surface area contributed by atoms with Gasteiger partial charge in [-0.3, -0.25) is 4.90 Å². The second-order valence-electron chi connectivity index (χ2n) is 7.85. The van der Waals surface area contributed by atoms with E-state index < -0.39 is 12.2 Å². The number of esters is 1. The Morgan fingerprint density at radius 1 is 1.16 bits per heavy atom. The summed E-state index contributed by atoms with van der Waals surface area (Å²) in [5, 5.41) is 3.31. The lowest BCUT2D eigenvalue weighted by atomic mass is 10.1. The van der Waals surface area contributed by atoms with Crippen molar-refractivity contribution in [1.82, 2.24) is 14.5 Å². The molecule has 1 aromatic heterocycles.